The Hall–Kier alpha value is -4.39. The summed E-state index contributed by atoms with van der Waals surface area (Å²) in [4.78, 5) is 36.6. The lowest BCUT2D eigenvalue weighted by molar-refractivity contribution is -0.135. The third kappa shape index (κ3) is 3.20. The van der Waals surface area contributed by atoms with E-state index in [4.69, 9.17) is 14.3 Å². The van der Waals surface area contributed by atoms with Gasteiger partial charge in [0.2, 0.25) is 5.43 Å². The standard InChI is InChI=1S/C25H16O7/c26-16-7-5-14(6-8-16)19-12-31-24-17(23(19)28)9-10-20-22(24)18(11-21(27)32-20)13-1-3-15(4-2-13)25(29)30/h1-10,12,18,26H,11H2,(H,29,30)/t18-/m1/s1. The van der Waals surface area contributed by atoms with E-state index < -0.39 is 17.9 Å². The number of carbonyl (C=O) groups excluding carboxylic acids is 1. The highest BCUT2D eigenvalue weighted by Crippen LogP contribution is 2.42. The molecule has 32 heavy (non-hydrogen) atoms. The minimum atomic E-state index is -1.04. The predicted molar refractivity (Wildman–Crippen MR) is 115 cm³/mol. The highest BCUT2D eigenvalue weighted by atomic mass is 16.5. The first-order valence-corrected chi connectivity index (χ1v) is 9.84. The summed E-state index contributed by atoms with van der Waals surface area (Å²) in [5.41, 5.74) is 2.42. The van der Waals surface area contributed by atoms with Gasteiger partial charge in [0, 0.05) is 11.5 Å². The number of rotatable bonds is 3. The van der Waals surface area contributed by atoms with Gasteiger partial charge in [0.25, 0.3) is 0 Å². The lowest BCUT2D eigenvalue weighted by Crippen LogP contribution is -2.22. The summed E-state index contributed by atoms with van der Waals surface area (Å²) in [6.45, 7) is 0. The molecule has 1 aliphatic heterocycles. The van der Waals surface area contributed by atoms with Crippen LogP contribution in [0.25, 0.3) is 22.1 Å². The molecule has 0 saturated heterocycles. The van der Waals surface area contributed by atoms with Crippen LogP contribution < -0.4 is 10.2 Å². The first-order chi connectivity index (χ1) is 15.4. The van der Waals surface area contributed by atoms with Crippen LogP contribution in [0.15, 0.2) is 76.1 Å². The Morgan fingerprint density at radius 2 is 1.66 bits per heavy atom. The maximum absolute atomic E-state index is 13.2. The van der Waals surface area contributed by atoms with Crippen molar-refractivity contribution in [1.82, 2.24) is 0 Å². The molecule has 5 rings (SSSR count). The van der Waals surface area contributed by atoms with E-state index in [2.05, 4.69) is 0 Å². The monoisotopic (exact) mass is 428 g/mol. The third-order valence-electron chi connectivity index (χ3n) is 5.62. The van der Waals surface area contributed by atoms with Crippen LogP contribution in [0.1, 0.15) is 33.8 Å². The number of aromatic carboxylic acids is 1. The SMILES string of the molecule is O=C1C[C@H](c2ccc(C(=O)O)cc2)c2c(ccc3c(=O)c(-c4ccc(O)cc4)coc23)O1. The molecule has 7 nitrogen and oxygen atoms in total. The molecular weight excluding hydrogens is 412 g/mol. The number of esters is 1. The van der Waals surface area contributed by atoms with E-state index in [0.717, 1.165) is 0 Å². The van der Waals surface area contributed by atoms with E-state index in [0.29, 0.717) is 39.0 Å². The number of hydrogen-bond acceptors (Lipinski definition) is 6. The molecule has 1 aliphatic rings. The number of phenols is 1. The van der Waals surface area contributed by atoms with Crippen molar-refractivity contribution >= 4 is 22.9 Å². The van der Waals surface area contributed by atoms with Gasteiger partial charge in [-0.15, -0.1) is 0 Å². The van der Waals surface area contributed by atoms with Crippen LogP contribution in [-0.2, 0) is 4.79 Å². The second-order valence-corrected chi connectivity index (χ2v) is 7.54. The van der Waals surface area contributed by atoms with Gasteiger partial charge in [0.05, 0.1) is 22.9 Å². The van der Waals surface area contributed by atoms with Crippen molar-refractivity contribution in [2.45, 2.75) is 12.3 Å². The molecule has 0 fully saturated rings. The summed E-state index contributed by atoms with van der Waals surface area (Å²) in [7, 11) is 0. The summed E-state index contributed by atoms with van der Waals surface area (Å²) in [5, 5.41) is 19.0. The van der Waals surface area contributed by atoms with Gasteiger partial charge in [-0.3, -0.25) is 9.59 Å². The topological polar surface area (TPSA) is 114 Å². The lowest BCUT2D eigenvalue weighted by Gasteiger charge is -2.25. The molecule has 1 aromatic heterocycles. The Labute approximate surface area is 181 Å². The molecule has 2 N–H and O–H groups in total. The summed E-state index contributed by atoms with van der Waals surface area (Å²) in [6, 6.07) is 15.6. The normalized spacial score (nSPS) is 15.2. The Kier molecular flexibility index (Phi) is 4.52. The van der Waals surface area contributed by atoms with Crippen molar-refractivity contribution in [1.29, 1.82) is 0 Å². The van der Waals surface area contributed by atoms with Gasteiger partial charge in [-0.2, -0.15) is 0 Å². The predicted octanol–water partition coefficient (Wildman–Crippen LogP) is 4.30. The van der Waals surface area contributed by atoms with Crippen molar-refractivity contribution in [3.63, 3.8) is 0 Å². The highest BCUT2D eigenvalue weighted by Gasteiger charge is 2.32. The van der Waals surface area contributed by atoms with Crippen LogP contribution >= 0.6 is 0 Å². The summed E-state index contributed by atoms with van der Waals surface area (Å²) in [6.07, 6.45) is 1.39. The molecule has 0 radical (unpaired) electrons. The molecule has 3 aromatic carbocycles. The van der Waals surface area contributed by atoms with Crippen LogP contribution in [0.4, 0.5) is 0 Å². The van der Waals surface area contributed by atoms with E-state index in [1.807, 2.05) is 0 Å². The van der Waals surface area contributed by atoms with Crippen LogP contribution in [-0.4, -0.2) is 22.2 Å². The molecule has 0 bridgehead atoms. The average Bonchev–Trinajstić information content (AvgIpc) is 2.79. The van der Waals surface area contributed by atoms with E-state index in [-0.39, 0.29) is 23.2 Å². The molecular formula is C25H16O7. The summed E-state index contributed by atoms with van der Waals surface area (Å²) >= 11 is 0. The van der Waals surface area contributed by atoms with Crippen LogP contribution in [0.2, 0.25) is 0 Å². The number of aromatic hydroxyl groups is 1. The first-order valence-electron chi connectivity index (χ1n) is 9.84. The lowest BCUT2D eigenvalue weighted by atomic mass is 9.85. The average molecular weight is 428 g/mol. The van der Waals surface area contributed by atoms with E-state index >= 15 is 0 Å². The van der Waals surface area contributed by atoms with Crippen molar-refractivity contribution in [3.05, 3.63) is 93.8 Å². The zero-order chi connectivity index (χ0) is 22.4. The minimum Gasteiger partial charge on any atom is -0.508 e. The Morgan fingerprint density at radius 1 is 0.938 bits per heavy atom. The molecule has 1 atom stereocenters. The fourth-order valence-electron chi connectivity index (χ4n) is 4.04. The maximum atomic E-state index is 13.2. The number of carbonyl (C=O) groups is 2. The smallest absolute Gasteiger partial charge is 0.335 e. The Bertz CT molecular complexity index is 1430. The zero-order valence-corrected chi connectivity index (χ0v) is 16.6. The number of ether oxygens (including phenoxy) is 1. The van der Waals surface area contributed by atoms with Gasteiger partial charge in [-0.05, 0) is 47.5 Å². The molecule has 0 unspecified atom stereocenters. The molecule has 2 heterocycles. The molecule has 0 spiro atoms. The van der Waals surface area contributed by atoms with Gasteiger partial charge in [0.15, 0.2) is 0 Å². The number of fused-ring (bicyclic) bond motifs is 3. The van der Waals surface area contributed by atoms with Gasteiger partial charge < -0.3 is 19.4 Å². The molecule has 7 heteroatoms. The molecule has 0 saturated carbocycles. The molecule has 4 aromatic rings. The number of phenolic OH excluding ortho intramolecular Hbond substituents is 1. The van der Waals surface area contributed by atoms with Crippen molar-refractivity contribution < 1.29 is 29.0 Å². The van der Waals surface area contributed by atoms with Gasteiger partial charge in [-0.1, -0.05) is 24.3 Å². The van der Waals surface area contributed by atoms with Crippen LogP contribution in [0.3, 0.4) is 0 Å². The second-order valence-electron chi connectivity index (χ2n) is 7.54. The van der Waals surface area contributed by atoms with Crippen molar-refractivity contribution in [3.8, 4) is 22.6 Å². The number of carboxylic acids is 1. The van der Waals surface area contributed by atoms with E-state index in [1.54, 1.807) is 36.4 Å². The third-order valence-corrected chi connectivity index (χ3v) is 5.62. The van der Waals surface area contributed by atoms with Gasteiger partial charge in [0.1, 0.15) is 23.3 Å². The fraction of sp³-hybridized carbons (Fsp3) is 0.0800. The van der Waals surface area contributed by atoms with Crippen LogP contribution in [0.5, 0.6) is 11.5 Å². The molecule has 0 aliphatic carbocycles. The number of benzene rings is 3. The van der Waals surface area contributed by atoms with Gasteiger partial charge in [-0.25, -0.2) is 4.79 Å². The van der Waals surface area contributed by atoms with E-state index in [1.165, 1.54) is 30.5 Å². The molecule has 158 valence electrons. The van der Waals surface area contributed by atoms with Crippen LogP contribution in [0, 0.1) is 0 Å². The fourth-order valence-corrected chi connectivity index (χ4v) is 4.04. The van der Waals surface area contributed by atoms with E-state index in [9.17, 15) is 19.5 Å². The first kappa shape index (κ1) is 19.6. The highest BCUT2D eigenvalue weighted by molar-refractivity contribution is 5.91. The number of carboxylic acid groups (broad SMARTS) is 1. The zero-order valence-electron chi connectivity index (χ0n) is 16.6. The Morgan fingerprint density at radius 3 is 2.34 bits per heavy atom. The maximum Gasteiger partial charge on any atom is 0.335 e. The van der Waals surface area contributed by atoms with Crippen molar-refractivity contribution in [2.24, 2.45) is 0 Å². The number of hydrogen-bond donors (Lipinski definition) is 2. The summed E-state index contributed by atoms with van der Waals surface area (Å²) < 4.78 is 11.3. The van der Waals surface area contributed by atoms with Gasteiger partial charge >= 0.3 is 11.9 Å². The Balaban J connectivity index is 1.69. The second kappa shape index (κ2) is 7.39. The quantitative estimate of drug-likeness (QED) is 0.369. The molecule has 0 amide bonds. The van der Waals surface area contributed by atoms with Crippen molar-refractivity contribution in [2.75, 3.05) is 0 Å². The summed E-state index contributed by atoms with van der Waals surface area (Å²) in [5.74, 6) is -1.53. The largest absolute Gasteiger partial charge is 0.508 e. The minimum absolute atomic E-state index is 0.0297.